The third kappa shape index (κ3) is 7.44. The van der Waals surface area contributed by atoms with Gasteiger partial charge in [-0.1, -0.05) is 6.07 Å². The third-order valence-corrected chi connectivity index (χ3v) is 6.12. The molecule has 13 heteroatoms. The van der Waals surface area contributed by atoms with Gasteiger partial charge in [-0.25, -0.2) is 9.18 Å². The molecule has 1 saturated carbocycles. The molecule has 3 rings (SSSR count). The Labute approximate surface area is 199 Å². The minimum atomic E-state index is -4.94. The number of carbonyl (C=O) groups excluding carboxylic acids is 3. The zero-order valence-electron chi connectivity index (χ0n) is 19.2. The van der Waals surface area contributed by atoms with Crippen LogP contribution in [-0.2, 0) is 16.1 Å². The van der Waals surface area contributed by atoms with Crippen molar-refractivity contribution in [2.24, 2.45) is 5.41 Å². The maximum Gasteiger partial charge on any atom is 0.573 e. The lowest BCUT2D eigenvalue weighted by molar-refractivity contribution is -0.274. The van der Waals surface area contributed by atoms with Gasteiger partial charge in [-0.05, 0) is 32.4 Å². The molecule has 1 aromatic rings. The van der Waals surface area contributed by atoms with Gasteiger partial charge in [0, 0.05) is 61.7 Å². The van der Waals surface area contributed by atoms with Crippen molar-refractivity contribution in [1.82, 2.24) is 26.2 Å². The summed E-state index contributed by atoms with van der Waals surface area (Å²) in [6.45, 7) is 0.834. The first-order valence-electron chi connectivity index (χ1n) is 11.2. The number of likely N-dealkylation sites (N-methyl/N-ethyl adjacent to an activating group) is 1. The molecular weight excluding hydrogens is 474 g/mol. The summed E-state index contributed by atoms with van der Waals surface area (Å²) < 4.78 is 55.0. The van der Waals surface area contributed by atoms with Crippen LogP contribution in [0.2, 0.25) is 0 Å². The molecule has 4 amide bonds. The molecule has 2 fully saturated rings. The summed E-state index contributed by atoms with van der Waals surface area (Å²) >= 11 is 0. The van der Waals surface area contributed by atoms with E-state index in [9.17, 15) is 31.9 Å². The average molecular weight is 503 g/mol. The Balaban J connectivity index is 1.70. The summed E-state index contributed by atoms with van der Waals surface area (Å²) in [4.78, 5) is 37.7. The standard InChI is InChI=1S/C22H29F4N5O4/c1-27-10-16(7-21(11-28-13-32)8-19(33)30-12-21)31(15-3-4-15)20(34)29-9-14-2-5-17(6-18(14)23)35-22(24,25)26/h2,5-6,13,15-16,27H,3-4,7-12H2,1H3,(H,28,32)(H,29,34)(H,30,33). The maximum absolute atomic E-state index is 14.3. The molecule has 0 aromatic heterocycles. The fraction of sp³-hybridized carbons (Fsp3) is 0.591. The number of urea groups is 1. The largest absolute Gasteiger partial charge is 0.573 e. The summed E-state index contributed by atoms with van der Waals surface area (Å²) in [6, 6.07) is 1.93. The molecule has 0 bridgehead atoms. The van der Waals surface area contributed by atoms with E-state index in [1.54, 1.807) is 11.9 Å². The molecule has 194 valence electrons. The minimum Gasteiger partial charge on any atom is -0.406 e. The van der Waals surface area contributed by atoms with Gasteiger partial charge in [0.15, 0.2) is 0 Å². The van der Waals surface area contributed by atoms with E-state index in [-0.39, 0.29) is 43.1 Å². The highest BCUT2D eigenvalue weighted by Crippen LogP contribution is 2.36. The average Bonchev–Trinajstić information content (AvgIpc) is 3.53. The Morgan fingerprint density at radius 1 is 1.37 bits per heavy atom. The fourth-order valence-electron chi connectivity index (χ4n) is 4.47. The normalized spacial score (nSPS) is 20.7. The lowest BCUT2D eigenvalue weighted by atomic mass is 9.80. The molecule has 2 atom stereocenters. The van der Waals surface area contributed by atoms with E-state index in [4.69, 9.17) is 0 Å². The second-order valence-electron chi connectivity index (χ2n) is 8.97. The van der Waals surface area contributed by atoms with Crippen LogP contribution in [0.5, 0.6) is 5.75 Å². The SMILES string of the molecule is CNCC(CC1(CNC=O)CNC(=O)C1)N(C(=O)NCc1ccc(OC(F)(F)F)cc1F)C1CC1. The first kappa shape index (κ1) is 26.5. The predicted octanol–water partition coefficient (Wildman–Crippen LogP) is 1.63. The van der Waals surface area contributed by atoms with Gasteiger partial charge in [-0.3, -0.25) is 9.59 Å². The van der Waals surface area contributed by atoms with Crippen LogP contribution in [0, 0.1) is 11.2 Å². The van der Waals surface area contributed by atoms with Crippen molar-refractivity contribution in [3.8, 4) is 5.75 Å². The smallest absolute Gasteiger partial charge is 0.406 e. The Hall–Kier alpha value is -3.09. The van der Waals surface area contributed by atoms with Gasteiger partial charge in [0.2, 0.25) is 12.3 Å². The molecule has 0 radical (unpaired) electrons. The highest BCUT2D eigenvalue weighted by atomic mass is 19.4. The molecule has 0 spiro atoms. The van der Waals surface area contributed by atoms with Crippen LogP contribution in [0.4, 0.5) is 22.4 Å². The molecule has 1 aliphatic carbocycles. The molecular formula is C22H29F4N5O4. The monoisotopic (exact) mass is 503 g/mol. The molecule has 2 aliphatic rings. The van der Waals surface area contributed by atoms with Crippen molar-refractivity contribution in [3.05, 3.63) is 29.6 Å². The summed E-state index contributed by atoms with van der Waals surface area (Å²) in [5.41, 5.74) is -0.557. The first-order valence-corrected chi connectivity index (χ1v) is 11.2. The van der Waals surface area contributed by atoms with E-state index in [1.807, 2.05) is 0 Å². The number of carbonyl (C=O) groups is 3. The molecule has 1 aliphatic heterocycles. The Kier molecular flexibility index (Phi) is 8.41. The van der Waals surface area contributed by atoms with Gasteiger partial charge in [0.25, 0.3) is 0 Å². The number of alkyl halides is 3. The lowest BCUT2D eigenvalue weighted by Crippen LogP contribution is -2.53. The predicted molar refractivity (Wildman–Crippen MR) is 117 cm³/mol. The molecule has 1 saturated heterocycles. The Morgan fingerprint density at radius 2 is 2.11 bits per heavy atom. The van der Waals surface area contributed by atoms with E-state index in [0.717, 1.165) is 25.0 Å². The first-order chi connectivity index (χ1) is 16.6. The second-order valence-corrected chi connectivity index (χ2v) is 8.97. The van der Waals surface area contributed by atoms with Crippen LogP contribution >= 0.6 is 0 Å². The zero-order valence-corrected chi connectivity index (χ0v) is 19.2. The van der Waals surface area contributed by atoms with Crippen molar-refractivity contribution in [3.63, 3.8) is 0 Å². The topological polar surface area (TPSA) is 112 Å². The molecule has 1 aromatic carbocycles. The van der Waals surface area contributed by atoms with Crippen LogP contribution in [0.25, 0.3) is 0 Å². The van der Waals surface area contributed by atoms with Crippen LogP contribution in [0.1, 0.15) is 31.2 Å². The van der Waals surface area contributed by atoms with Crippen molar-refractivity contribution < 1.29 is 36.7 Å². The number of hydrogen-bond acceptors (Lipinski definition) is 5. The summed E-state index contributed by atoms with van der Waals surface area (Å²) in [5.74, 6) is -1.75. The van der Waals surface area contributed by atoms with Crippen molar-refractivity contribution in [1.29, 1.82) is 0 Å². The van der Waals surface area contributed by atoms with Gasteiger partial charge < -0.3 is 30.9 Å². The van der Waals surface area contributed by atoms with Crippen LogP contribution in [0.3, 0.4) is 0 Å². The second kappa shape index (κ2) is 11.1. The molecule has 2 unspecified atom stereocenters. The van der Waals surface area contributed by atoms with Crippen molar-refractivity contribution in [2.75, 3.05) is 26.7 Å². The fourth-order valence-corrected chi connectivity index (χ4v) is 4.47. The number of nitrogens with one attached hydrogen (secondary N) is 4. The van der Waals surface area contributed by atoms with Crippen LogP contribution in [0.15, 0.2) is 18.2 Å². The van der Waals surface area contributed by atoms with Gasteiger partial charge in [-0.15, -0.1) is 13.2 Å². The molecule has 35 heavy (non-hydrogen) atoms. The Bertz CT molecular complexity index is 928. The van der Waals surface area contributed by atoms with Crippen molar-refractivity contribution >= 4 is 18.3 Å². The lowest BCUT2D eigenvalue weighted by Gasteiger charge is -2.38. The van der Waals surface area contributed by atoms with E-state index < -0.39 is 29.4 Å². The van der Waals surface area contributed by atoms with Crippen molar-refractivity contribution in [2.45, 2.75) is 50.7 Å². The third-order valence-electron chi connectivity index (χ3n) is 6.12. The van der Waals surface area contributed by atoms with E-state index in [2.05, 4.69) is 26.0 Å². The minimum absolute atomic E-state index is 0.00558. The number of nitrogens with zero attached hydrogens (tertiary/aromatic N) is 1. The highest BCUT2D eigenvalue weighted by molar-refractivity contribution is 5.79. The van der Waals surface area contributed by atoms with E-state index in [1.165, 1.54) is 0 Å². The zero-order chi connectivity index (χ0) is 25.6. The van der Waals surface area contributed by atoms with Gasteiger partial charge in [0.1, 0.15) is 11.6 Å². The number of rotatable bonds is 12. The summed E-state index contributed by atoms with van der Waals surface area (Å²) in [7, 11) is 1.74. The number of hydrogen-bond donors (Lipinski definition) is 4. The quantitative estimate of drug-likeness (QED) is 0.256. The van der Waals surface area contributed by atoms with Crippen LogP contribution < -0.4 is 26.0 Å². The number of amides is 4. The maximum atomic E-state index is 14.3. The van der Waals surface area contributed by atoms with Gasteiger partial charge >= 0.3 is 12.4 Å². The number of halogens is 4. The van der Waals surface area contributed by atoms with Gasteiger partial charge in [-0.2, -0.15) is 0 Å². The van der Waals surface area contributed by atoms with E-state index in [0.29, 0.717) is 32.0 Å². The summed E-state index contributed by atoms with van der Waals surface area (Å²) in [6.07, 6.45) is -2.12. The molecule has 4 N–H and O–H groups in total. The summed E-state index contributed by atoms with van der Waals surface area (Å²) in [5, 5.41) is 11.2. The van der Waals surface area contributed by atoms with E-state index >= 15 is 0 Å². The molecule has 1 heterocycles. The Morgan fingerprint density at radius 3 is 2.66 bits per heavy atom. The van der Waals surface area contributed by atoms with Crippen LogP contribution in [-0.4, -0.2) is 68.4 Å². The van der Waals surface area contributed by atoms with Gasteiger partial charge in [0.05, 0.1) is 0 Å². The molecule has 9 nitrogen and oxygen atoms in total. The highest BCUT2D eigenvalue weighted by Gasteiger charge is 2.45. The number of ether oxygens (including phenoxy) is 1. The number of benzene rings is 1.